The zero-order valence-corrected chi connectivity index (χ0v) is 13.0. The van der Waals surface area contributed by atoms with E-state index in [0.717, 1.165) is 30.4 Å². The van der Waals surface area contributed by atoms with Gasteiger partial charge < -0.3 is 4.90 Å². The Morgan fingerprint density at radius 2 is 2.19 bits per heavy atom. The van der Waals surface area contributed by atoms with Crippen molar-refractivity contribution in [1.29, 1.82) is 5.26 Å². The molecule has 0 atom stereocenters. The lowest BCUT2D eigenvalue weighted by atomic mass is 9.91. The number of hydrogen-bond acceptors (Lipinski definition) is 3. The number of pyridine rings is 1. The second kappa shape index (κ2) is 5.46. The first-order valence-electron chi connectivity index (χ1n) is 7.60. The van der Waals surface area contributed by atoms with Crippen LogP contribution in [-0.2, 0) is 19.4 Å². The van der Waals surface area contributed by atoms with Crippen LogP contribution in [0.4, 0.5) is 0 Å². The minimum atomic E-state index is 0.445. The Bertz CT molecular complexity index is 725. The summed E-state index contributed by atoms with van der Waals surface area (Å²) in [6.07, 6.45) is 1.45. The molecule has 0 spiro atoms. The number of nitriles is 1. The first-order valence-corrected chi connectivity index (χ1v) is 7.60. The highest BCUT2D eigenvalue weighted by atomic mass is 15.1. The molecule has 3 heteroatoms. The molecule has 0 aliphatic carbocycles. The minimum Gasteiger partial charge on any atom is -0.302 e. The number of likely N-dealkylation sites (N-methyl/N-ethyl adjacent to an activating group) is 1. The molecule has 1 aromatic heterocycles. The monoisotopic (exact) mass is 279 g/mol. The molecule has 0 bridgehead atoms. The fraction of sp³-hybridized carbons (Fsp3) is 0.444. The maximum Gasteiger partial charge on any atom is 0.0743 e. The van der Waals surface area contributed by atoms with E-state index in [4.69, 9.17) is 4.98 Å². The average Bonchev–Trinajstić information content (AvgIpc) is 2.47. The molecule has 0 amide bonds. The molecular formula is C18H21N3. The quantitative estimate of drug-likeness (QED) is 0.845. The van der Waals surface area contributed by atoms with Gasteiger partial charge in [0.1, 0.15) is 0 Å². The van der Waals surface area contributed by atoms with Gasteiger partial charge in [0.2, 0.25) is 0 Å². The van der Waals surface area contributed by atoms with Crippen LogP contribution in [0.5, 0.6) is 0 Å². The van der Waals surface area contributed by atoms with Crippen LogP contribution in [-0.4, -0.2) is 23.5 Å². The number of aromatic nitrogens is 1. The molecule has 3 nitrogen and oxygen atoms in total. The molecule has 0 saturated carbocycles. The highest BCUT2D eigenvalue weighted by Crippen LogP contribution is 2.32. The van der Waals surface area contributed by atoms with E-state index in [2.05, 4.69) is 50.1 Å². The summed E-state index contributed by atoms with van der Waals surface area (Å²) in [6, 6.07) is 8.72. The molecule has 0 fully saturated rings. The summed E-state index contributed by atoms with van der Waals surface area (Å²) in [5, 5.41) is 10.4. The van der Waals surface area contributed by atoms with E-state index >= 15 is 0 Å². The predicted molar refractivity (Wildman–Crippen MR) is 85.2 cm³/mol. The predicted octanol–water partition coefficient (Wildman–Crippen LogP) is 3.41. The van der Waals surface area contributed by atoms with Crippen LogP contribution >= 0.6 is 0 Å². The summed E-state index contributed by atoms with van der Waals surface area (Å²) >= 11 is 0. The lowest BCUT2D eigenvalue weighted by Crippen LogP contribution is -2.28. The second-order valence-electron chi connectivity index (χ2n) is 6.24. The van der Waals surface area contributed by atoms with Gasteiger partial charge in [0.05, 0.1) is 18.0 Å². The topological polar surface area (TPSA) is 39.9 Å². The van der Waals surface area contributed by atoms with Gasteiger partial charge in [0, 0.05) is 30.6 Å². The zero-order chi connectivity index (χ0) is 15.0. The van der Waals surface area contributed by atoms with E-state index in [1.54, 1.807) is 0 Å². The van der Waals surface area contributed by atoms with Gasteiger partial charge >= 0.3 is 0 Å². The zero-order valence-electron chi connectivity index (χ0n) is 13.0. The molecule has 21 heavy (non-hydrogen) atoms. The summed E-state index contributed by atoms with van der Waals surface area (Å²) in [5.74, 6) is 0.445. The highest BCUT2D eigenvalue weighted by molar-refractivity contribution is 5.87. The van der Waals surface area contributed by atoms with E-state index < -0.39 is 0 Å². The molecule has 2 aromatic rings. The Balaban J connectivity index is 2.33. The van der Waals surface area contributed by atoms with Crippen molar-refractivity contribution in [1.82, 2.24) is 9.88 Å². The van der Waals surface area contributed by atoms with Crippen molar-refractivity contribution in [3.05, 3.63) is 40.6 Å². The second-order valence-corrected chi connectivity index (χ2v) is 6.24. The van der Waals surface area contributed by atoms with Gasteiger partial charge in [-0.25, -0.2) is 0 Å². The fourth-order valence-corrected chi connectivity index (χ4v) is 3.25. The Labute approximate surface area is 126 Å². The molecule has 0 radical (unpaired) electrons. The molecule has 1 aromatic carbocycles. The van der Waals surface area contributed by atoms with Crippen LogP contribution in [0.2, 0.25) is 0 Å². The standard InChI is InChI=1S/C18H21N3/c1-12(2)13-5-4-6-15-14(7-9-19)16-11-21(3)10-8-17(16)20-18(13)15/h4-6,12H,7-8,10-11H2,1-3H3. The molecule has 3 rings (SSSR count). The van der Waals surface area contributed by atoms with E-state index in [9.17, 15) is 5.26 Å². The minimum absolute atomic E-state index is 0.445. The van der Waals surface area contributed by atoms with Crippen molar-refractivity contribution in [2.45, 2.75) is 39.2 Å². The summed E-state index contributed by atoms with van der Waals surface area (Å²) in [7, 11) is 2.13. The smallest absolute Gasteiger partial charge is 0.0743 e. The molecule has 1 aliphatic heterocycles. The van der Waals surface area contributed by atoms with Gasteiger partial charge in [-0.1, -0.05) is 32.0 Å². The average molecular weight is 279 g/mol. The molecule has 1 aliphatic rings. The van der Waals surface area contributed by atoms with Crippen LogP contribution < -0.4 is 0 Å². The van der Waals surface area contributed by atoms with E-state index in [1.165, 1.54) is 22.4 Å². The van der Waals surface area contributed by atoms with Crippen molar-refractivity contribution in [2.24, 2.45) is 0 Å². The Hall–Kier alpha value is -1.92. The van der Waals surface area contributed by atoms with E-state index in [0.29, 0.717) is 12.3 Å². The fourth-order valence-electron chi connectivity index (χ4n) is 3.25. The van der Waals surface area contributed by atoms with Crippen LogP contribution in [0.3, 0.4) is 0 Å². The largest absolute Gasteiger partial charge is 0.302 e. The van der Waals surface area contributed by atoms with Gasteiger partial charge in [-0.15, -0.1) is 0 Å². The Morgan fingerprint density at radius 3 is 2.90 bits per heavy atom. The third kappa shape index (κ3) is 2.41. The maximum absolute atomic E-state index is 9.24. The maximum atomic E-state index is 9.24. The van der Waals surface area contributed by atoms with Crippen LogP contribution in [0.25, 0.3) is 10.9 Å². The van der Waals surface area contributed by atoms with Crippen LogP contribution in [0, 0.1) is 11.3 Å². The SMILES string of the molecule is CC(C)c1cccc2c(CC#N)c3c(nc12)CCN(C)C3. The van der Waals surface area contributed by atoms with Crippen molar-refractivity contribution < 1.29 is 0 Å². The van der Waals surface area contributed by atoms with Gasteiger partial charge in [0.25, 0.3) is 0 Å². The first-order chi connectivity index (χ1) is 10.1. The molecule has 2 heterocycles. The molecular weight excluding hydrogens is 258 g/mol. The molecule has 0 saturated heterocycles. The third-order valence-electron chi connectivity index (χ3n) is 4.39. The van der Waals surface area contributed by atoms with Gasteiger partial charge in [0.15, 0.2) is 0 Å². The molecule has 0 unspecified atom stereocenters. The number of para-hydroxylation sites is 1. The molecule has 0 N–H and O–H groups in total. The van der Waals surface area contributed by atoms with Crippen molar-refractivity contribution in [3.8, 4) is 6.07 Å². The van der Waals surface area contributed by atoms with Crippen molar-refractivity contribution in [3.63, 3.8) is 0 Å². The normalized spacial score (nSPS) is 15.2. The summed E-state index contributed by atoms with van der Waals surface area (Å²) < 4.78 is 0. The van der Waals surface area contributed by atoms with Crippen LogP contribution in [0.15, 0.2) is 18.2 Å². The van der Waals surface area contributed by atoms with E-state index in [-0.39, 0.29) is 0 Å². The first kappa shape index (κ1) is 14.0. The number of rotatable bonds is 2. The number of benzene rings is 1. The number of nitrogens with zero attached hydrogens (tertiary/aromatic N) is 3. The van der Waals surface area contributed by atoms with Crippen molar-refractivity contribution >= 4 is 10.9 Å². The number of fused-ring (bicyclic) bond motifs is 2. The Morgan fingerprint density at radius 1 is 1.38 bits per heavy atom. The van der Waals surface area contributed by atoms with Crippen LogP contribution in [0.1, 0.15) is 42.1 Å². The third-order valence-corrected chi connectivity index (χ3v) is 4.39. The molecule has 108 valence electrons. The lowest BCUT2D eigenvalue weighted by molar-refractivity contribution is 0.309. The lowest BCUT2D eigenvalue weighted by Gasteiger charge is -2.27. The summed E-state index contributed by atoms with van der Waals surface area (Å²) in [5.41, 5.74) is 6.04. The van der Waals surface area contributed by atoms with Gasteiger partial charge in [-0.3, -0.25) is 4.98 Å². The van der Waals surface area contributed by atoms with Gasteiger partial charge in [-0.2, -0.15) is 5.26 Å². The summed E-state index contributed by atoms with van der Waals surface area (Å²) in [6.45, 7) is 6.35. The number of hydrogen-bond donors (Lipinski definition) is 0. The van der Waals surface area contributed by atoms with Gasteiger partial charge in [-0.05, 0) is 29.7 Å². The highest BCUT2D eigenvalue weighted by Gasteiger charge is 2.21. The summed E-state index contributed by atoms with van der Waals surface area (Å²) in [4.78, 5) is 7.29. The van der Waals surface area contributed by atoms with Crippen molar-refractivity contribution in [2.75, 3.05) is 13.6 Å². The Kier molecular flexibility index (Phi) is 3.65. The van der Waals surface area contributed by atoms with E-state index in [1.807, 2.05) is 0 Å².